The molecule has 1 aromatic carbocycles. The Labute approximate surface area is 111 Å². The molecule has 0 aliphatic carbocycles. The zero-order valence-corrected chi connectivity index (χ0v) is 11.3. The SMILES string of the molecule is CN(C)C(CC#N)c1ccc2c(c1)NC(=O)CS2. The summed E-state index contributed by atoms with van der Waals surface area (Å²) >= 11 is 1.55. The molecule has 4 nitrogen and oxygen atoms in total. The van der Waals surface area contributed by atoms with Crippen molar-refractivity contribution < 1.29 is 4.79 Å². The van der Waals surface area contributed by atoms with Crippen molar-refractivity contribution in [3.05, 3.63) is 23.8 Å². The van der Waals surface area contributed by atoms with Crippen molar-refractivity contribution in [1.29, 1.82) is 5.26 Å². The molecule has 1 amide bonds. The third kappa shape index (κ3) is 2.66. The van der Waals surface area contributed by atoms with Crippen LogP contribution >= 0.6 is 11.8 Å². The summed E-state index contributed by atoms with van der Waals surface area (Å²) in [6.07, 6.45) is 0.437. The van der Waals surface area contributed by atoms with Crippen LogP contribution in [0, 0.1) is 11.3 Å². The topological polar surface area (TPSA) is 56.1 Å². The number of nitriles is 1. The lowest BCUT2D eigenvalue weighted by atomic mass is 10.0. The highest BCUT2D eigenvalue weighted by molar-refractivity contribution is 8.00. The van der Waals surface area contributed by atoms with Crippen LogP contribution in [0.25, 0.3) is 0 Å². The van der Waals surface area contributed by atoms with E-state index in [1.807, 2.05) is 37.2 Å². The van der Waals surface area contributed by atoms with Gasteiger partial charge < -0.3 is 10.2 Å². The monoisotopic (exact) mass is 261 g/mol. The van der Waals surface area contributed by atoms with Crippen molar-refractivity contribution in [1.82, 2.24) is 4.90 Å². The van der Waals surface area contributed by atoms with Crippen molar-refractivity contribution in [3.63, 3.8) is 0 Å². The third-order valence-electron chi connectivity index (χ3n) is 2.93. The Hall–Kier alpha value is -1.51. The number of carbonyl (C=O) groups excluding carboxylic acids is 1. The highest BCUT2D eigenvalue weighted by atomic mass is 32.2. The molecule has 1 aliphatic rings. The normalized spacial score (nSPS) is 15.8. The van der Waals surface area contributed by atoms with Gasteiger partial charge in [0, 0.05) is 10.9 Å². The second-order valence-corrected chi connectivity index (χ2v) is 5.45. The van der Waals surface area contributed by atoms with Crippen molar-refractivity contribution in [2.45, 2.75) is 17.4 Å². The van der Waals surface area contributed by atoms with Gasteiger partial charge in [0.1, 0.15) is 0 Å². The number of rotatable bonds is 3. The lowest BCUT2D eigenvalue weighted by molar-refractivity contribution is -0.113. The number of hydrogen-bond acceptors (Lipinski definition) is 4. The largest absolute Gasteiger partial charge is 0.324 e. The predicted octanol–water partition coefficient (Wildman–Crippen LogP) is 2.25. The van der Waals surface area contributed by atoms with Gasteiger partial charge in [-0.15, -0.1) is 11.8 Å². The first-order valence-electron chi connectivity index (χ1n) is 5.72. The fourth-order valence-corrected chi connectivity index (χ4v) is 2.78. The summed E-state index contributed by atoms with van der Waals surface area (Å²) in [6, 6.07) is 8.28. The van der Waals surface area contributed by atoms with Crippen molar-refractivity contribution in [3.8, 4) is 6.07 Å². The van der Waals surface area contributed by atoms with Gasteiger partial charge in [-0.25, -0.2) is 0 Å². The summed E-state index contributed by atoms with van der Waals surface area (Å²) in [5.41, 5.74) is 1.92. The summed E-state index contributed by atoms with van der Waals surface area (Å²) in [7, 11) is 3.91. The fourth-order valence-electron chi connectivity index (χ4n) is 1.99. The van der Waals surface area contributed by atoms with Gasteiger partial charge in [-0.05, 0) is 31.8 Å². The molecule has 0 saturated heterocycles. The number of nitrogens with one attached hydrogen (secondary N) is 1. The van der Waals surface area contributed by atoms with E-state index in [4.69, 9.17) is 5.26 Å². The number of anilines is 1. The summed E-state index contributed by atoms with van der Waals surface area (Å²) in [5.74, 6) is 0.508. The zero-order valence-electron chi connectivity index (χ0n) is 10.4. The molecule has 0 radical (unpaired) electrons. The number of benzene rings is 1. The smallest absolute Gasteiger partial charge is 0.234 e. The number of carbonyl (C=O) groups is 1. The van der Waals surface area contributed by atoms with E-state index in [2.05, 4.69) is 11.4 Å². The van der Waals surface area contributed by atoms with Crippen LogP contribution < -0.4 is 5.32 Å². The van der Waals surface area contributed by atoms with Gasteiger partial charge in [0.25, 0.3) is 0 Å². The van der Waals surface area contributed by atoms with Gasteiger partial charge in [0.15, 0.2) is 0 Å². The third-order valence-corrected chi connectivity index (χ3v) is 4.00. The van der Waals surface area contributed by atoms with Gasteiger partial charge in [-0.3, -0.25) is 4.79 Å². The number of amides is 1. The lowest BCUT2D eigenvalue weighted by Gasteiger charge is -2.24. The molecule has 1 N–H and O–H groups in total. The number of thioether (sulfide) groups is 1. The first-order valence-corrected chi connectivity index (χ1v) is 6.70. The van der Waals surface area contributed by atoms with E-state index >= 15 is 0 Å². The van der Waals surface area contributed by atoms with E-state index in [1.165, 1.54) is 0 Å². The average Bonchev–Trinajstić information content (AvgIpc) is 2.34. The lowest BCUT2D eigenvalue weighted by Crippen LogP contribution is -2.21. The maximum Gasteiger partial charge on any atom is 0.234 e. The van der Waals surface area contributed by atoms with E-state index in [-0.39, 0.29) is 11.9 Å². The van der Waals surface area contributed by atoms with Crippen LogP contribution in [0.3, 0.4) is 0 Å². The van der Waals surface area contributed by atoms with Crippen LogP contribution in [0.5, 0.6) is 0 Å². The Bertz CT molecular complexity index is 507. The quantitative estimate of drug-likeness (QED) is 0.906. The molecular weight excluding hydrogens is 246 g/mol. The van der Waals surface area contributed by atoms with Crippen molar-refractivity contribution in [2.75, 3.05) is 25.2 Å². The highest BCUT2D eigenvalue weighted by Gasteiger charge is 2.19. The molecule has 0 aromatic heterocycles. The Kier molecular flexibility index (Phi) is 3.90. The van der Waals surface area contributed by atoms with E-state index in [0.717, 1.165) is 16.1 Å². The molecule has 5 heteroatoms. The van der Waals surface area contributed by atoms with Gasteiger partial charge in [-0.1, -0.05) is 6.07 Å². The minimum Gasteiger partial charge on any atom is -0.324 e. The van der Waals surface area contributed by atoms with E-state index < -0.39 is 0 Å². The first-order chi connectivity index (χ1) is 8.61. The molecule has 1 aliphatic heterocycles. The molecule has 1 heterocycles. The van der Waals surface area contributed by atoms with Crippen LogP contribution in [0.4, 0.5) is 5.69 Å². The van der Waals surface area contributed by atoms with Gasteiger partial charge in [0.2, 0.25) is 5.91 Å². The van der Waals surface area contributed by atoms with Gasteiger partial charge in [-0.2, -0.15) is 5.26 Å². The molecule has 0 spiro atoms. The summed E-state index contributed by atoms with van der Waals surface area (Å²) in [5, 5.41) is 11.8. The Morgan fingerprint density at radius 2 is 2.33 bits per heavy atom. The molecule has 1 aromatic rings. The van der Waals surface area contributed by atoms with E-state index in [9.17, 15) is 4.79 Å². The van der Waals surface area contributed by atoms with E-state index in [1.54, 1.807) is 11.8 Å². The standard InChI is InChI=1S/C13H15N3OS/c1-16(2)11(5-6-14)9-3-4-12-10(7-9)15-13(17)8-18-12/h3-4,7,11H,5,8H2,1-2H3,(H,15,17). The van der Waals surface area contributed by atoms with Crippen molar-refractivity contribution in [2.24, 2.45) is 0 Å². The highest BCUT2D eigenvalue weighted by Crippen LogP contribution is 2.34. The maximum atomic E-state index is 11.4. The number of nitrogens with zero attached hydrogens (tertiary/aromatic N) is 2. The fraction of sp³-hybridized carbons (Fsp3) is 0.385. The molecule has 0 bridgehead atoms. The Morgan fingerprint density at radius 3 is 3.00 bits per heavy atom. The van der Waals surface area contributed by atoms with Crippen LogP contribution in [0.2, 0.25) is 0 Å². The average molecular weight is 261 g/mol. The maximum absolute atomic E-state index is 11.4. The molecule has 1 atom stereocenters. The molecule has 0 fully saturated rings. The number of hydrogen-bond donors (Lipinski definition) is 1. The summed E-state index contributed by atoms with van der Waals surface area (Å²) in [4.78, 5) is 14.5. The molecule has 18 heavy (non-hydrogen) atoms. The first kappa shape index (κ1) is 12.9. The predicted molar refractivity (Wildman–Crippen MR) is 72.5 cm³/mol. The Morgan fingerprint density at radius 1 is 1.56 bits per heavy atom. The van der Waals surface area contributed by atoms with E-state index in [0.29, 0.717) is 12.2 Å². The van der Waals surface area contributed by atoms with Gasteiger partial charge in [0.05, 0.1) is 23.9 Å². The van der Waals surface area contributed by atoms with Gasteiger partial charge >= 0.3 is 0 Å². The summed E-state index contributed by atoms with van der Waals surface area (Å²) < 4.78 is 0. The number of fused-ring (bicyclic) bond motifs is 1. The zero-order chi connectivity index (χ0) is 13.1. The van der Waals surface area contributed by atoms with Crippen LogP contribution in [0.1, 0.15) is 18.0 Å². The molecule has 94 valence electrons. The Balaban J connectivity index is 2.32. The summed E-state index contributed by atoms with van der Waals surface area (Å²) in [6.45, 7) is 0. The van der Waals surface area contributed by atoms with Crippen LogP contribution in [0.15, 0.2) is 23.1 Å². The molecule has 2 rings (SSSR count). The molecule has 1 unspecified atom stereocenters. The van der Waals surface area contributed by atoms with Crippen LogP contribution in [-0.2, 0) is 4.79 Å². The van der Waals surface area contributed by atoms with Crippen LogP contribution in [-0.4, -0.2) is 30.7 Å². The second kappa shape index (κ2) is 5.42. The molecule has 0 saturated carbocycles. The minimum atomic E-state index is 0.0336. The van der Waals surface area contributed by atoms with Crippen molar-refractivity contribution >= 4 is 23.4 Å². The minimum absolute atomic E-state index is 0.0336. The molecular formula is C13H15N3OS. The second-order valence-electron chi connectivity index (χ2n) is 4.43.